The number of amides is 1. The average Bonchev–Trinajstić information content (AvgIpc) is 2.09. The van der Waals surface area contributed by atoms with Crippen molar-refractivity contribution >= 4 is 34.8 Å². The van der Waals surface area contributed by atoms with Crippen LogP contribution in [-0.2, 0) is 4.79 Å². The SMILES string of the molecule is CC(=O)Nc1c(O)c(Cl)cc(Cl)c1O. The molecule has 1 aromatic carbocycles. The van der Waals surface area contributed by atoms with Crippen LogP contribution in [0.15, 0.2) is 6.07 Å². The summed E-state index contributed by atoms with van der Waals surface area (Å²) < 4.78 is 0. The molecular weight excluding hydrogens is 229 g/mol. The van der Waals surface area contributed by atoms with Crippen LogP contribution in [0.5, 0.6) is 11.5 Å². The number of anilines is 1. The number of aromatic hydroxyl groups is 2. The van der Waals surface area contributed by atoms with Gasteiger partial charge in [0, 0.05) is 6.92 Å². The molecule has 0 heterocycles. The first-order valence-electron chi connectivity index (χ1n) is 3.61. The fourth-order valence-electron chi connectivity index (χ4n) is 0.893. The van der Waals surface area contributed by atoms with Crippen molar-refractivity contribution in [2.75, 3.05) is 5.32 Å². The van der Waals surface area contributed by atoms with E-state index in [9.17, 15) is 15.0 Å². The molecule has 6 heteroatoms. The third-order valence-corrected chi connectivity index (χ3v) is 2.06. The van der Waals surface area contributed by atoms with Crippen LogP contribution < -0.4 is 5.32 Å². The van der Waals surface area contributed by atoms with E-state index in [1.54, 1.807) is 0 Å². The van der Waals surface area contributed by atoms with Crippen molar-refractivity contribution < 1.29 is 15.0 Å². The van der Waals surface area contributed by atoms with E-state index in [-0.39, 0.29) is 15.7 Å². The zero-order valence-electron chi connectivity index (χ0n) is 7.14. The van der Waals surface area contributed by atoms with Gasteiger partial charge >= 0.3 is 0 Å². The summed E-state index contributed by atoms with van der Waals surface area (Å²) in [7, 11) is 0. The molecule has 1 amide bonds. The fraction of sp³-hybridized carbons (Fsp3) is 0.125. The molecule has 0 bridgehead atoms. The summed E-state index contributed by atoms with van der Waals surface area (Å²) in [4.78, 5) is 10.7. The number of benzene rings is 1. The van der Waals surface area contributed by atoms with Crippen LogP contribution in [0.1, 0.15) is 6.92 Å². The van der Waals surface area contributed by atoms with E-state index in [0.717, 1.165) is 0 Å². The second-order valence-corrected chi connectivity index (χ2v) is 3.41. The second kappa shape index (κ2) is 3.94. The Bertz CT molecular complexity index is 366. The van der Waals surface area contributed by atoms with Crippen molar-refractivity contribution in [2.45, 2.75) is 6.92 Å². The lowest BCUT2D eigenvalue weighted by atomic mass is 10.2. The highest BCUT2D eigenvalue weighted by Gasteiger charge is 2.16. The lowest BCUT2D eigenvalue weighted by Crippen LogP contribution is -2.06. The molecule has 0 saturated carbocycles. The van der Waals surface area contributed by atoms with Crippen molar-refractivity contribution in [3.05, 3.63) is 16.1 Å². The summed E-state index contributed by atoms with van der Waals surface area (Å²) in [5.74, 6) is -1.28. The molecule has 76 valence electrons. The zero-order valence-corrected chi connectivity index (χ0v) is 8.65. The fourth-order valence-corrected chi connectivity index (χ4v) is 1.36. The smallest absolute Gasteiger partial charge is 0.221 e. The summed E-state index contributed by atoms with van der Waals surface area (Å²) in [5.41, 5.74) is -0.185. The number of rotatable bonds is 1. The van der Waals surface area contributed by atoms with Gasteiger partial charge in [0.25, 0.3) is 0 Å². The maximum Gasteiger partial charge on any atom is 0.221 e. The molecule has 0 unspecified atom stereocenters. The van der Waals surface area contributed by atoms with E-state index in [0.29, 0.717) is 0 Å². The Morgan fingerprint density at radius 3 is 2.07 bits per heavy atom. The molecule has 1 rings (SSSR count). The summed E-state index contributed by atoms with van der Waals surface area (Å²) in [6, 6.07) is 1.18. The summed E-state index contributed by atoms with van der Waals surface area (Å²) >= 11 is 11.2. The molecule has 0 aromatic heterocycles. The lowest BCUT2D eigenvalue weighted by Gasteiger charge is -2.09. The van der Waals surface area contributed by atoms with Crippen LogP contribution in [0.3, 0.4) is 0 Å². The Morgan fingerprint density at radius 2 is 1.71 bits per heavy atom. The first kappa shape index (κ1) is 10.9. The number of phenolic OH excluding ortho intramolecular Hbond substituents is 2. The number of phenols is 2. The Morgan fingerprint density at radius 1 is 1.29 bits per heavy atom. The molecule has 0 atom stereocenters. The molecule has 0 spiro atoms. The first-order chi connectivity index (χ1) is 6.43. The predicted molar refractivity (Wildman–Crippen MR) is 54.1 cm³/mol. The maximum absolute atomic E-state index is 10.7. The molecule has 0 fully saturated rings. The van der Waals surface area contributed by atoms with E-state index in [1.807, 2.05) is 0 Å². The number of halogens is 2. The van der Waals surface area contributed by atoms with Gasteiger partial charge in [0.2, 0.25) is 5.91 Å². The molecule has 0 radical (unpaired) electrons. The summed E-state index contributed by atoms with van der Waals surface area (Å²) in [6.45, 7) is 1.23. The van der Waals surface area contributed by atoms with Crippen LogP contribution in [0, 0.1) is 0 Å². The van der Waals surface area contributed by atoms with Gasteiger partial charge in [-0.1, -0.05) is 23.2 Å². The molecule has 14 heavy (non-hydrogen) atoms. The minimum Gasteiger partial charge on any atom is -0.504 e. The molecule has 0 saturated heterocycles. The van der Waals surface area contributed by atoms with Crippen LogP contribution in [-0.4, -0.2) is 16.1 Å². The summed E-state index contributed by atoms with van der Waals surface area (Å²) in [5, 5.41) is 20.9. The lowest BCUT2D eigenvalue weighted by molar-refractivity contribution is -0.114. The van der Waals surface area contributed by atoms with E-state index in [1.165, 1.54) is 13.0 Å². The molecule has 3 N–H and O–H groups in total. The third-order valence-electron chi connectivity index (χ3n) is 1.48. The highest BCUT2D eigenvalue weighted by molar-refractivity contribution is 6.37. The topological polar surface area (TPSA) is 69.6 Å². The van der Waals surface area contributed by atoms with Gasteiger partial charge in [0.05, 0.1) is 10.0 Å². The highest BCUT2D eigenvalue weighted by Crippen LogP contribution is 2.43. The van der Waals surface area contributed by atoms with Crippen LogP contribution in [0.2, 0.25) is 10.0 Å². The molecule has 4 nitrogen and oxygen atoms in total. The Hall–Kier alpha value is -1.13. The van der Waals surface area contributed by atoms with Crippen LogP contribution in [0.4, 0.5) is 5.69 Å². The number of hydrogen-bond acceptors (Lipinski definition) is 3. The van der Waals surface area contributed by atoms with Crippen molar-refractivity contribution in [3.63, 3.8) is 0 Å². The maximum atomic E-state index is 10.7. The monoisotopic (exact) mass is 235 g/mol. The van der Waals surface area contributed by atoms with E-state index >= 15 is 0 Å². The van der Waals surface area contributed by atoms with Gasteiger partial charge in [0.15, 0.2) is 11.5 Å². The number of carbonyl (C=O) groups excluding carboxylic acids is 1. The van der Waals surface area contributed by atoms with Gasteiger partial charge in [-0.2, -0.15) is 0 Å². The van der Waals surface area contributed by atoms with Crippen molar-refractivity contribution in [1.82, 2.24) is 0 Å². The third kappa shape index (κ3) is 2.02. The largest absolute Gasteiger partial charge is 0.504 e. The Kier molecular flexibility index (Phi) is 3.08. The van der Waals surface area contributed by atoms with E-state index < -0.39 is 17.4 Å². The average molecular weight is 236 g/mol. The van der Waals surface area contributed by atoms with Gasteiger partial charge in [0.1, 0.15) is 5.69 Å². The van der Waals surface area contributed by atoms with E-state index in [4.69, 9.17) is 23.2 Å². The molecule has 0 aliphatic rings. The number of nitrogens with one attached hydrogen (secondary N) is 1. The van der Waals surface area contributed by atoms with Crippen LogP contribution >= 0.6 is 23.2 Å². The Labute approximate surface area is 90.1 Å². The van der Waals surface area contributed by atoms with Gasteiger partial charge in [-0.3, -0.25) is 4.79 Å². The zero-order chi connectivity index (χ0) is 10.9. The number of hydrogen-bond donors (Lipinski definition) is 3. The van der Waals surface area contributed by atoms with Crippen molar-refractivity contribution in [1.29, 1.82) is 0 Å². The number of carbonyl (C=O) groups is 1. The minimum absolute atomic E-state index is 0.0449. The highest BCUT2D eigenvalue weighted by atomic mass is 35.5. The van der Waals surface area contributed by atoms with Gasteiger partial charge in [-0.15, -0.1) is 0 Å². The normalized spacial score (nSPS) is 9.93. The molecular formula is C8H7Cl2NO3. The quantitative estimate of drug-likeness (QED) is 0.655. The van der Waals surface area contributed by atoms with Crippen molar-refractivity contribution in [3.8, 4) is 11.5 Å². The van der Waals surface area contributed by atoms with Gasteiger partial charge < -0.3 is 15.5 Å². The predicted octanol–water partition coefficient (Wildman–Crippen LogP) is 2.36. The van der Waals surface area contributed by atoms with Crippen molar-refractivity contribution in [2.24, 2.45) is 0 Å². The first-order valence-corrected chi connectivity index (χ1v) is 4.36. The standard InChI is InChI=1S/C8H7Cl2NO3/c1-3(12)11-6-7(13)4(9)2-5(10)8(6)14/h2,13-14H,1H3,(H,11,12). The Balaban J connectivity index is 3.31. The van der Waals surface area contributed by atoms with Gasteiger partial charge in [-0.25, -0.2) is 0 Å². The second-order valence-electron chi connectivity index (χ2n) is 2.59. The minimum atomic E-state index is -0.450. The molecule has 0 aliphatic heterocycles. The van der Waals surface area contributed by atoms with Gasteiger partial charge in [-0.05, 0) is 6.07 Å². The summed E-state index contributed by atoms with van der Waals surface area (Å²) in [6.07, 6.45) is 0. The molecule has 1 aromatic rings. The van der Waals surface area contributed by atoms with Crippen LogP contribution in [0.25, 0.3) is 0 Å². The van der Waals surface area contributed by atoms with E-state index in [2.05, 4.69) is 5.32 Å². The molecule has 0 aliphatic carbocycles.